The van der Waals surface area contributed by atoms with E-state index in [1.807, 2.05) is 13.8 Å². The van der Waals surface area contributed by atoms with Crippen molar-refractivity contribution in [1.82, 2.24) is 15.0 Å². The van der Waals surface area contributed by atoms with E-state index in [1.54, 1.807) is 0 Å². The first kappa shape index (κ1) is 15.9. The van der Waals surface area contributed by atoms with Crippen molar-refractivity contribution in [3.8, 4) is 6.01 Å². The van der Waals surface area contributed by atoms with Crippen LogP contribution in [0, 0.1) is 0 Å². The third-order valence-electron chi connectivity index (χ3n) is 2.10. The predicted molar refractivity (Wildman–Crippen MR) is 74.8 cm³/mol. The number of nitrogens with one attached hydrogen (secondary N) is 1. The molecule has 0 aliphatic rings. The largest absolute Gasteiger partial charge is 0.461 e. The van der Waals surface area contributed by atoms with Crippen LogP contribution in [0.1, 0.15) is 33.6 Å². The van der Waals surface area contributed by atoms with Crippen LogP contribution in [0.25, 0.3) is 0 Å². The first-order chi connectivity index (χ1) is 9.11. The van der Waals surface area contributed by atoms with Crippen molar-refractivity contribution in [2.24, 2.45) is 0 Å². The molecular formula is C12H21ClN4O2. The van der Waals surface area contributed by atoms with Gasteiger partial charge in [0.1, 0.15) is 0 Å². The molecule has 6 nitrogen and oxygen atoms in total. The van der Waals surface area contributed by atoms with Gasteiger partial charge in [-0.25, -0.2) is 0 Å². The molecule has 0 spiro atoms. The first-order valence-corrected chi connectivity index (χ1v) is 6.89. The summed E-state index contributed by atoms with van der Waals surface area (Å²) in [5.41, 5.74) is 0. The molecule has 1 aromatic heterocycles. The van der Waals surface area contributed by atoms with Crippen LogP contribution in [-0.2, 0) is 4.74 Å². The second-order valence-electron chi connectivity index (χ2n) is 4.27. The minimum atomic E-state index is -0.0105. The van der Waals surface area contributed by atoms with Crippen LogP contribution in [0.15, 0.2) is 0 Å². The number of nitrogens with zero attached hydrogens (tertiary/aromatic N) is 3. The van der Waals surface area contributed by atoms with Gasteiger partial charge in [-0.3, -0.25) is 0 Å². The van der Waals surface area contributed by atoms with Crippen molar-refractivity contribution >= 4 is 17.5 Å². The molecule has 0 unspecified atom stereocenters. The molecule has 1 heterocycles. The molecule has 0 aromatic carbocycles. The fraction of sp³-hybridized carbons (Fsp3) is 0.750. The Hall–Kier alpha value is -1.14. The maximum absolute atomic E-state index is 5.80. The van der Waals surface area contributed by atoms with Gasteiger partial charge in [0.2, 0.25) is 11.2 Å². The van der Waals surface area contributed by atoms with E-state index in [4.69, 9.17) is 21.1 Å². The second-order valence-corrected chi connectivity index (χ2v) is 4.61. The van der Waals surface area contributed by atoms with Crippen molar-refractivity contribution in [2.75, 3.05) is 25.1 Å². The van der Waals surface area contributed by atoms with Gasteiger partial charge in [0.25, 0.3) is 0 Å². The van der Waals surface area contributed by atoms with E-state index in [1.165, 1.54) is 0 Å². The average Bonchev–Trinajstić information content (AvgIpc) is 2.32. The Morgan fingerprint density at radius 3 is 2.68 bits per heavy atom. The summed E-state index contributed by atoms with van der Waals surface area (Å²) >= 11 is 5.80. The lowest BCUT2D eigenvalue weighted by Crippen LogP contribution is -2.14. The van der Waals surface area contributed by atoms with E-state index in [-0.39, 0.29) is 17.4 Å². The summed E-state index contributed by atoms with van der Waals surface area (Å²) in [6.45, 7) is 7.91. The molecule has 0 saturated heterocycles. The minimum Gasteiger partial charge on any atom is -0.461 e. The zero-order chi connectivity index (χ0) is 14.1. The maximum atomic E-state index is 5.80. The lowest BCUT2D eigenvalue weighted by molar-refractivity contribution is 0.141. The molecule has 1 rings (SSSR count). The maximum Gasteiger partial charge on any atom is 0.322 e. The van der Waals surface area contributed by atoms with E-state index in [2.05, 4.69) is 27.2 Å². The van der Waals surface area contributed by atoms with Gasteiger partial charge in [-0.15, -0.1) is 0 Å². The summed E-state index contributed by atoms with van der Waals surface area (Å²) < 4.78 is 10.8. The average molecular weight is 289 g/mol. The second kappa shape index (κ2) is 8.87. The van der Waals surface area contributed by atoms with Gasteiger partial charge in [0.05, 0.1) is 12.7 Å². The van der Waals surface area contributed by atoms with Crippen LogP contribution in [0.2, 0.25) is 5.28 Å². The fourth-order valence-corrected chi connectivity index (χ4v) is 1.41. The summed E-state index contributed by atoms with van der Waals surface area (Å²) in [4.78, 5) is 12.0. The highest BCUT2D eigenvalue weighted by atomic mass is 35.5. The Balaban J connectivity index is 2.38. The summed E-state index contributed by atoms with van der Waals surface area (Å²) in [6.07, 6.45) is 2.19. The number of unbranched alkanes of at least 4 members (excludes halogenated alkanes) is 1. The Kier molecular flexibility index (Phi) is 7.43. The zero-order valence-corrected chi connectivity index (χ0v) is 12.4. The fourth-order valence-electron chi connectivity index (χ4n) is 1.26. The molecule has 7 heteroatoms. The van der Waals surface area contributed by atoms with Gasteiger partial charge in [0.15, 0.2) is 0 Å². The van der Waals surface area contributed by atoms with Gasteiger partial charge in [-0.05, 0) is 31.9 Å². The molecule has 0 bridgehead atoms. The Morgan fingerprint density at radius 2 is 2.00 bits per heavy atom. The van der Waals surface area contributed by atoms with Crippen LogP contribution in [0.3, 0.4) is 0 Å². The SMILES string of the molecule is CCCCOCCNc1nc(Cl)nc(OC(C)C)n1. The van der Waals surface area contributed by atoms with Crippen molar-refractivity contribution < 1.29 is 9.47 Å². The van der Waals surface area contributed by atoms with Gasteiger partial charge in [0, 0.05) is 13.2 Å². The quantitative estimate of drug-likeness (QED) is 0.704. The van der Waals surface area contributed by atoms with E-state index < -0.39 is 0 Å². The number of rotatable bonds is 9. The number of halogens is 1. The molecular weight excluding hydrogens is 268 g/mol. The first-order valence-electron chi connectivity index (χ1n) is 6.51. The van der Waals surface area contributed by atoms with E-state index >= 15 is 0 Å². The van der Waals surface area contributed by atoms with Crippen LogP contribution >= 0.6 is 11.6 Å². The third kappa shape index (κ3) is 7.12. The summed E-state index contributed by atoms with van der Waals surface area (Å²) in [5.74, 6) is 0.398. The number of ether oxygens (including phenoxy) is 2. The normalized spacial score (nSPS) is 10.8. The standard InChI is InChI=1S/C12H21ClN4O2/c1-4-5-7-18-8-6-14-11-15-10(13)16-12(17-11)19-9(2)3/h9H,4-8H2,1-3H3,(H,14,15,16,17). The molecule has 0 saturated carbocycles. The number of anilines is 1. The van der Waals surface area contributed by atoms with Gasteiger partial charge < -0.3 is 14.8 Å². The highest BCUT2D eigenvalue weighted by Gasteiger charge is 2.07. The Bertz CT molecular complexity index is 377. The van der Waals surface area contributed by atoms with Crippen molar-refractivity contribution in [3.63, 3.8) is 0 Å². The van der Waals surface area contributed by atoms with E-state index in [9.17, 15) is 0 Å². The highest BCUT2D eigenvalue weighted by Crippen LogP contribution is 2.12. The van der Waals surface area contributed by atoms with Gasteiger partial charge in [-0.1, -0.05) is 13.3 Å². The zero-order valence-electron chi connectivity index (χ0n) is 11.6. The van der Waals surface area contributed by atoms with Crippen LogP contribution < -0.4 is 10.1 Å². The van der Waals surface area contributed by atoms with Gasteiger partial charge in [-0.2, -0.15) is 15.0 Å². The van der Waals surface area contributed by atoms with Crippen molar-refractivity contribution in [2.45, 2.75) is 39.7 Å². The molecule has 1 N–H and O–H groups in total. The van der Waals surface area contributed by atoms with Gasteiger partial charge >= 0.3 is 6.01 Å². The Morgan fingerprint density at radius 1 is 1.21 bits per heavy atom. The van der Waals surface area contributed by atoms with Crippen LogP contribution in [0.5, 0.6) is 6.01 Å². The Labute approximate surface area is 118 Å². The summed E-state index contributed by atoms with van der Waals surface area (Å²) in [5, 5.41) is 3.14. The molecule has 108 valence electrons. The number of aromatic nitrogens is 3. The van der Waals surface area contributed by atoms with Crippen molar-refractivity contribution in [1.29, 1.82) is 0 Å². The molecule has 0 aliphatic heterocycles. The summed E-state index contributed by atoms with van der Waals surface area (Å²) in [7, 11) is 0. The lowest BCUT2D eigenvalue weighted by Gasteiger charge is -2.09. The van der Waals surface area contributed by atoms with Crippen molar-refractivity contribution in [3.05, 3.63) is 5.28 Å². The number of hydrogen-bond acceptors (Lipinski definition) is 6. The monoisotopic (exact) mass is 288 g/mol. The molecule has 1 aromatic rings. The highest BCUT2D eigenvalue weighted by molar-refractivity contribution is 6.28. The molecule has 0 radical (unpaired) electrons. The van der Waals surface area contributed by atoms with E-state index in [0.29, 0.717) is 19.1 Å². The number of hydrogen-bond donors (Lipinski definition) is 1. The molecule has 0 fully saturated rings. The minimum absolute atomic E-state index is 0.0105. The topological polar surface area (TPSA) is 69.2 Å². The molecule has 0 amide bonds. The van der Waals surface area contributed by atoms with Crippen LogP contribution in [0.4, 0.5) is 5.95 Å². The molecule has 0 aliphatic carbocycles. The lowest BCUT2D eigenvalue weighted by atomic mass is 10.4. The third-order valence-corrected chi connectivity index (χ3v) is 2.27. The molecule has 19 heavy (non-hydrogen) atoms. The smallest absolute Gasteiger partial charge is 0.322 e. The molecule has 0 atom stereocenters. The van der Waals surface area contributed by atoms with E-state index in [0.717, 1.165) is 19.4 Å². The summed E-state index contributed by atoms with van der Waals surface area (Å²) in [6, 6.07) is 0.226. The predicted octanol–water partition coefficient (Wildman–Crippen LogP) is 2.54. The van der Waals surface area contributed by atoms with Crippen LogP contribution in [-0.4, -0.2) is 40.8 Å².